The van der Waals surface area contributed by atoms with Gasteiger partial charge in [0, 0.05) is 11.6 Å². The average Bonchev–Trinajstić information content (AvgIpc) is 2.62. The molecule has 0 aliphatic carbocycles. The lowest BCUT2D eigenvalue weighted by molar-refractivity contribution is 0.0697. The molecule has 0 fully saturated rings. The Labute approximate surface area is 95.8 Å². The number of aromatic carboxylic acids is 1. The van der Waals surface area contributed by atoms with E-state index in [0.29, 0.717) is 10.9 Å². The van der Waals surface area contributed by atoms with Gasteiger partial charge in [-0.1, -0.05) is 11.6 Å². The Bertz CT molecular complexity index is 601. The fraction of sp³-hybridized carbons (Fsp3) is 0.0909. The molecule has 0 saturated carbocycles. The summed E-state index contributed by atoms with van der Waals surface area (Å²) in [4.78, 5) is 25.3. The molecule has 1 heterocycles. The lowest BCUT2D eigenvalue weighted by atomic mass is 10.0. The van der Waals surface area contributed by atoms with Crippen LogP contribution in [0.5, 0.6) is 0 Å². The normalized spacial score (nSPS) is 10.6. The first-order valence-corrected chi connectivity index (χ1v) is 4.94. The number of carboxylic acids is 1. The maximum atomic E-state index is 11.5. The quantitative estimate of drug-likeness (QED) is 0.789. The van der Waals surface area contributed by atoms with Crippen LogP contribution in [-0.4, -0.2) is 21.8 Å². The zero-order chi connectivity index (χ0) is 11.9. The summed E-state index contributed by atoms with van der Waals surface area (Å²) in [7, 11) is 0. The molecule has 2 rings (SSSR count). The Hall–Kier alpha value is -1.81. The average molecular weight is 238 g/mol. The van der Waals surface area contributed by atoms with Gasteiger partial charge in [-0.05, 0) is 19.1 Å². The fourth-order valence-corrected chi connectivity index (χ4v) is 2.03. The van der Waals surface area contributed by atoms with Gasteiger partial charge in [-0.3, -0.25) is 4.79 Å². The first-order valence-electron chi connectivity index (χ1n) is 4.56. The molecule has 16 heavy (non-hydrogen) atoms. The Kier molecular flexibility index (Phi) is 2.44. The number of rotatable bonds is 2. The molecule has 0 spiro atoms. The van der Waals surface area contributed by atoms with Crippen molar-refractivity contribution in [2.24, 2.45) is 0 Å². The fourth-order valence-electron chi connectivity index (χ4n) is 1.67. The minimum atomic E-state index is -1.14. The van der Waals surface area contributed by atoms with Crippen LogP contribution in [0, 0.1) is 0 Å². The van der Waals surface area contributed by atoms with Crippen molar-refractivity contribution >= 4 is 34.3 Å². The number of aromatic nitrogens is 1. The highest BCUT2D eigenvalue weighted by Gasteiger charge is 2.19. The first-order chi connectivity index (χ1) is 7.52. The second-order valence-electron chi connectivity index (χ2n) is 3.42. The highest BCUT2D eigenvalue weighted by Crippen LogP contribution is 2.29. The van der Waals surface area contributed by atoms with E-state index in [9.17, 15) is 9.59 Å². The summed E-state index contributed by atoms with van der Waals surface area (Å²) in [6.07, 6.45) is 1.64. The number of fused-ring (bicyclic) bond motifs is 1. The third kappa shape index (κ3) is 1.47. The van der Waals surface area contributed by atoms with Crippen LogP contribution in [0.25, 0.3) is 10.9 Å². The van der Waals surface area contributed by atoms with Gasteiger partial charge in [0.25, 0.3) is 0 Å². The summed E-state index contributed by atoms with van der Waals surface area (Å²) < 4.78 is 0. The number of halogens is 1. The first kappa shape index (κ1) is 10.7. The molecule has 0 amide bonds. The second-order valence-corrected chi connectivity index (χ2v) is 3.79. The van der Waals surface area contributed by atoms with Crippen molar-refractivity contribution in [3.63, 3.8) is 0 Å². The Morgan fingerprint density at radius 3 is 2.69 bits per heavy atom. The van der Waals surface area contributed by atoms with Crippen molar-refractivity contribution in [1.82, 2.24) is 4.98 Å². The van der Waals surface area contributed by atoms with E-state index >= 15 is 0 Å². The molecule has 0 atom stereocenters. The highest BCUT2D eigenvalue weighted by molar-refractivity contribution is 6.38. The molecule has 5 heteroatoms. The van der Waals surface area contributed by atoms with E-state index in [1.165, 1.54) is 13.0 Å². The third-order valence-electron chi connectivity index (χ3n) is 2.37. The van der Waals surface area contributed by atoms with Gasteiger partial charge < -0.3 is 10.1 Å². The predicted molar refractivity (Wildman–Crippen MR) is 60.3 cm³/mol. The number of aromatic amines is 1. The SMILES string of the molecule is CC(=O)c1c(Cl)c(C(=O)O)cc2cc[nH]c12. The molecule has 2 aromatic rings. The van der Waals surface area contributed by atoms with Crippen LogP contribution in [0.4, 0.5) is 0 Å². The highest BCUT2D eigenvalue weighted by atomic mass is 35.5. The number of carbonyl (C=O) groups excluding carboxylic acids is 1. The predicted octanol–water partition coefficient (Wildman–Crippen LogP) is 2.72. The molecule has 1 aromatic heterocycles. The van der Waals surface area contributed by atoms with Crippen molar-refractivity contribution in [1.29, 1.82) is 0 Å². The van der Waals surface area contributed by atoms with E-state index in [4.69, 9.17) is 16.7 Å². The Balaban J connectivity index is 2.92. The summed E-state index contributed by atoms with van der Waals surface area (Å²) in [6.45, 7) is 1.35. The standard InChI is InChI=1S/C11H8ClNO3/c1-5(14)8-9(12)7(11(15)16)4-6-2-3-13-10(6)8/h2-4,13H,1H3,(H,15,16). The van der Waals surface area contributed by atoms with Gasteiger partial charge in [0.2, 0.25) is 0 Å². The minimum absolute atomic E-state index is 0.0186. The van der Waals surface area contributed by atoms with Gasteiger partial charge in [0.15, 0.2) is 5.78 Å². The monoisotopic (exact) mass is 237 g/mol. The number of carboxylic acid groups (broad SMARTS) is 1. The molecule has 0 aliphatic rings. The molecule has 0 unspecified atom stereocenters. The maximum Gasteiger partial charge on any atom is 0.337 e. The van der Waals surface area contributed by atoms with E-state index in [0.717, 1.165) is 0 Å². The van der Waals surface area contributed by atoms with Crippen molar-refractivity contribution in [3.8, 4) is 0 Å². The lowest BCUT2D eigenvalue weighted by Gasteiger charge is -2.06. The van der Waals surface area contributed by atoms with Gasteiger partial charge in [-0.15, -0.1) is 0 Å². The molecule has 0 aliphatic heterocycles. The van der Waals surface area contributed by atoms with E-state index in [-0.39, 0.29) is 21.9 Å². The topological polar surface area (TPSA) is 70.2 Å². The van der Waals surface area contributed by atoms with Crippen LogP contribution in [-0.2, 0) is 0 Å². The zero-order valence-electron chi connectivity index (χ0n) is 8.37. The van der Waals surface area contributed by atoms with Gasteiger partial charge in [-0.2, -0.15) is 0 Å². The molecular weight excluding hydrogens is 230 g/mol. The number of Topliss-reactive ketones (excluding diaryl/α,β-unsaturated/α-hetero) is 1. The Morgan fingerprint density at radius 2 is 2.12 bits per heavy atom. The number of ketones is 1. The number of hydrogen-bond acceptors (Lipinski definition) is 2. The molecule has 0 bridgehead atoms. The molecule has 4 nitrogen and oxygen atoms in total. The van der Waals surface area contributed by atoms with Gasteiger partial charge >= 0.3 is 5.97 Å². The van der Waals surface area contributed by atoms with Crippen LogP contribution in [0.15, 0.2) is 18.3 Å². The molecule has 0 saturated heterocycles. The zero-order valence-corrected chi connectivity index (χ0v) is 9.13. The largest absolute Gasteiger partial charge is 0.478 e. The van der Waals surface area contributed by atoms with Crippen molar-refractivity contribution in [2.45, 2.75) is 6.92 Å². The smallest absolute Gasteiger partial charge is 0.337 e. The lowest BCUT2D eigenvalue weighted by Crippen LogP contribution is -2.03. The van der Waals surface area contributed by atoms with Crippen molar-refractivity contribution < 1.29 is 14.7 Å². The number of nitrogens with one attached hydrogen (secondary N) is 1. The summed E-state index contributed by atoms with van der Waals surface area (Å²) in [5.74, 6) is -1.41. The number of H-pyrrole nitrogens is 1. The number of benzene rings is 1. The molecule has 1 aromatic carbocycles. The second kappa shape index (κ2) is 3.64. The summed E-state index contributed by atoms with van der Waals surface area (Å²) in [6, 6.07) is 3.15. The van der Waals surface area contributed by atoms with E-state index in [1.54, 1.807) is 12.3 Å². The van der Waals surface area contributed by atoms with Crippen LogP contribution in [0.3, 0.4) is 0 Å². The van der Waals surface area contributed by atoms with Crippen LogP contribution in [0.2, 0.25) is 5.02 Å². The van der Waals surface area contributed by atoms with Crippen molar-refractivity contribution in [3.05, 3.63) is 34.5 Å². The summed E-state index contributed by atoms with van der Waals surface area (Å²) >= 11 is 5.91. The van der Waals surface area contributed by atoms with Crippen LogP contribution in [0.1, 0.15) is 27.6 Å². The minimum Gasteiger partial charge on any atom is -0.478 e. The van der Waals surface area contributed by atoms with E-state index in [1.807, 2.05) is 0 Å². The van der Waals surface area contributed by atoms with Crippen molar-refractivity contribution in [2.75, 3.05) is 0 Å². The van der Waals surface area contributed by atoms with Gasteiger partial charge in [0.05, 0.1) is 21.7 Å². The Morgan fingerprint density at radius 1 is 1.44 bits per heavy atom. The van der Waals surface area contributed by atoms with Gasteiger partial charge in [0.1, 0.15) is 0 Å². The van der Waals surface area contributed by atoms with Crippen LogP contribution >= 0.6 is 11.6 Å². The third-order valence-corrected chi connectivity index (χ3v) is 2.76. The summed E-state index contributed by atoms with van der Waals surface area (Å²) in [5, 5.41) is 9.60. The molecule has 0 radical (unpaired) electrons. The number of hydrogen-bond donors (Lipinski definition) is 2. The maximum absolute atomic E-state index is 11.5. The molecule has 82 valence electrons. The van der Waals surface area contributed by atoms with E-state index < -0.39 is 5.97 Å². The molecule has 2 N–H and O–H groups in total. The van der Waals surface area contributed by atoms with Crippen LogP contribution < -0.4 is 0 Å². The summed E-state index contributed by atoms with van der Waals surface area (Å²) in [5.41, 5.74) is 0.739. The van der Waals surface area contributed by atoms with Gasteiger partial charge in [-0.25, -0.2) is 4.79 Å². The van der Waals surface area contributed by atoms with E-state index in [2.05, 4.69) is 4.98 Å². The number of carbonyl (C=O) groups is 2. The molecular formula is C11H8ClNO3.